The van der Waals surface area contributed by atoms with Crippen LogP contribution in [0.2, 0.25) is 0 Å². The van der Waals surface area contributed by atoms with Crippen molar-refractivity contribution in [1.82, 2.24) is 14.5 Å². The Morgan fingerprint density at radius 2 is 1.96 bits per heavy atom. The number of nitrogens with zero attached hydrogens (tertiary/aromatic N) is 3. The van der Waals surface area contributed by atoms with Crippen molar-refractivity contribution >= 4 is 5.91 Å². The molecule has 0 saturated carbocycles. The van der Waals surface area contributed by atoms with Crippen molar-refractivity contribution in [2.75, 3.05) is 13.7 Å². The average Bonchev–Trinajstić information content (AvgIpc) is 3.27. The van der Waals surface area contributed by atoms with Crippen LogP contribution in [0.3, 0.4) is 0 Å². The van der Waals surface area contributed by atoms with E-state index in [1.54, 1.807) is 24.1 Å². The minimum Gasteiger partial charge on any atom is -0.497 e. The molecule has 1 aliphatic heterocycles. The Hall–Kier alpha value is -3.02. The second-order valence-electron chi connectivity index (χ2n) is 6.08. The van der Waals surface area contributed by atoms with E-state index in [2.05, 4.69) is 9.55 Å². The van der Waals surface area contributed by atoms with E-state index in [1.807, 2.05) is 37.4 Å². The lowest BCUT2D eigenvalue weighted by molar-refractivity contribution is 0.0674. The molecule has 2 aromatic heterocycles. The predicted octanol–water partition coefficient (Wildman–Crippen LogP) is 3.12. The molecule has 6 nitrogen and oxygen atoms in total. The van der Waals surface area contributed by atoms with Crippen LogP contribution >= 0.6 is 0 Å². The van der Waals surface area contributed by atoms with Crippen molar-refractivity contribution in [3.05, 3.63) is 59.9 Å². The standard InChI is InChI=1S/C19H19N3O3/c1-13-3-8-17(25-13)19(23)21-9-10-22-16(11-20-18(22)12-21)14-4-6-15(24-2)7-5-14/h3-8,11H,9-10,12H2,1-2H3. The highest BCUT2D eigenvalue weighted by Crippen LogP contribution is 2.26. The lowest BCUT2D eigenvalue weighted by atomic mass is 10.1. The molecule has 0 aliphatic carbocycles. The van der Waals surface area contributed by atoms with Gasteiger partial charge in [-0.25, -0.2) is 4.98 Å². The minimum atomic E-state index is -0.0895. The van der Waals surface area contributed by atoms with Crippen molar-refractivity contribution in [1.29, 1.82) is 0 Å². The van der Waals surface area contributed by atoms with Crippen LogP contribution < -0.4 is 4.74 Å². The zero-order valence-corrected chi connectivity index (χ0v) is 14.2. The molecule has 1 aromatic carbocycles. The van der Waals surface area contributed by atoms with Gasteiger partial charge in [0.05, 0.1) is 25.5 Å². The summed E-state index contributed by atoms with van der Waals surface area (Å²) in [5.74, 6) is 2.74. The zero-order chi connectivity index (χ0) is 17.4. The Kier molecular flexibility index (Phi) is 3.80. The predicted molar refractivity (Wildman–Crippen MR) is 92.4 cm³/mol. The Morgan fingerprint density at radius 1 is 1.16 bits per heavy atom. The van der Waals surface area contributed by atoms with Gasteiger partial charge in [0.1, 0.15) is 17.3 Å². The van der Waals surface area contributed by atoms with Gasteiger partial charge < -0.3 is 18.6 Å². The molecule has 0 saturated heterocycles. The van der Waals surface area contributed by atoms with E-state index in [0.717, 1.165) is 28.6 Å². The van der Waals surface area contributed by atoms with Gasteiger partial charge in [0.15, 0.2) is 5.76 Å². The number of carbonyl (C=O) groups is 1. The number of fused-ring (bicyclic) bond motifs is 1. The first kappa shape index (κ1) is 15.5. The highest BCUT2D eigenvalue weighted by Gasteiger charge is 2.26. The van der Waals surface area contributed by atoms with Crippen LogP contribution in [0.5, 0.6) is 5.75 Å². The third kappa shape index (κ3) is 2.80. The number of imidazole rings is 1. The van der Waals surface area contributed by atoms with Gasteiger partial charge in [-0.3, -0.25) is 4.79 Å². The highest BCUT2D eigenvalue weighted by atomic mass is 16.5. The molecule has 0 bridgehead atoms. The lowest BCUT2D eigenvalue weighted by Crippen LogP contribution is -2.38. The third-order valence-corrected chi connectivity index (χ3v) is 4.49. The van der Waals surface area contributed by atoms with Gasteiger partial charge in [-0.2, -0.15) is 0 Å². The van der Waals surface area contributed by atoms with Crippen LogP contribution in [0.4, 0.5) is 0 Å². The van der Waals surface area contributed by atoms with Crippen molar-refractivity contribution < 1.29 is 13.9 Å². The fourth-order valence-corrected chi connectivity index (χ4v) is 3.13. The number of furan rings is 1. The van der Waals surface area contributed by atoms with E-state index in [-0.39, 0.29) is 5.91 Å². The van der Waals surface area contributed by atoms with Crippen LogP contribution in [0, 0.1) is 6.92 Å². The first-order valence-corrected chi connectivity index (χ1v) is 8.20. The Morgan fingerprint density at radius 3 is 2.64 bits per heavy atom. The summed E-state index contributed by atoms with van der Waals surface area (Å²) in [6.07, 6.45) is 1.86. The molecule has 0 radical (unpaired) electrons. The molecule has 0 unspecified atom stereocenters. The number of ether oxygens (including phenoxy) is 1. The molecule has 0 spiro atoms. The van der Waals surface area contributed by atoms with Crippen LogP contribution in [-0.2, 0) is 13.1 Å². The van der Waals surface area contributed by atoms with E-state index in [0.29, 0.717) is 25.4 Å². The van der Waals surface area contributed by atoms with E-state index in [1.165, 1.54) is 0 Å². The molecule has 6 heteroatoms. The van der Waals surface area contributed by atoms with Gasteiger partial charge in [0.2, 0.25) is 0 Å². The Labute approximate surface area is 145 Å². The van der Waals surface area contributed by atoms with Gasteiger partial charge in [0.25, 0.3) is 5.91 Å². The van der Waals surface area contributed by atoms with E-state index in [9.17, 15) is 4.79 Å². The number of aryl methyl sites for hydroxylation is 1. The molecule has 0 atom stereocenters. The second-order valence-corrected chi connectivity index (χ2v) is 6.08. The van der Waals surface area contributed by atoms with E-state index >= 15 is 0 Å². The molecule has 3 heterocycles. The normalized spacial score (nSPS) is 13.6. The van der Waals surface area contributed by atoms with E-state index < -0.39 is 0 Å². The number of benzene rings is 1. The van der Waals surface area contributed by atoms with Crippen LogP contribution in [0.25, 0.3) is 11.3 Å². The van der Waals surface area contributed by atoms with Crippen molar-refractivity contribution in [2.45, 2.75) is 20.0 Å². The molecule has 25 heavy (non-hydrogen) atoms. The fourth-order valence-electron chi connectivity index (χ4n) is 3.13. The molecule has 1 amide bonds. The van der Waals surface area contributed by atoms with Crippen molar-refractivity contribution in [3.8, 4) is 17.0 Å². The maximum absolute atomic E-state index is 12.6. The quantitative estimate of drug-likeness (QED) is 0.737. The number of methoxy groups -OCH3 is 1. The number of rotatable bonds is 3. The summed E-state index contributed by atoms with van der Waals surface area (Å²) < 4.78 is 12.8. The number of carbonyl (C=O) groups excluding carboxylic acids is 1. The number of hydrogen-bond acceptors (Lipinski definition) is 4. The number of amides is 1. The maximum Gasteiger partial charge on any atom is 0.290 e. The van der Waals surface area contributed by atoms with Crippen molar-refractivity contribution in [3.63, 3.8) is 0 Å². The molecule has 0 fully saturated rings. The summed E-state index contributed by atoms with van der Waals surface area (Å²) in [6, 6.07) is 11.4. The molecule has 128 valence electrons. The molecule has 0 N–H and O–H groups in total. The molecular formula is C19H19N3O3. The molecule has 3 aromatic rings. The lowest BCUT2D eigenvalue weighted by Gasteiger charge is -2.28. The van der Waals surface area contributed by atoms with Crippen LogP contribution in [-0.4, -0.2) is 34.0 Å². The van der Waals surface area contributed by atoms with Crippen molar-refractivity contribution in [2.24, 2.45) is 0 Å². The van der Waals surface area contributed by atoms with Crippen LogP contribution in [0.1, 0.15) is 22.1 Å². The third-order valence-electron chi connectivity index (χ3n) is 4.49. The summed E-state index contributed by atoms with van der Waals surface area (Å²) >= 11 is 0. The fraction of sp³-hybridized carbons (Fsp3) is 0.263. The average molecular weight is 337 g/mol. The van der Waals surface area contributed by atoms with Gasteiger partial charge in [0, 0.05) is 18.7 Å². The number of aromatic nitrogens is 2. The highest BCUT2D eigenvalue weighted by molar-refractivity contribution is 5.91. The largest absolute Gasteiger partial charge is 0.497 e. The summed E-state index contributed by atoms with van der Waals surface area (Å²) in [5.41, 5.74) is 2.14. The summed E-state index contributed by atoms with van der Waals surface area (Å²) in [6.45, 7) is 3.66. The first-order chi connectivity index (χ1) is 12.2. The SMILES string of the molecule is COc1ccc(-c2cnc3n2CCN(C(=O)c2ccc(C)o2)C3)cc1. The summed E-state index contributed by atoms with van der Waals surface area (Å²) in [5, 5.41) is 0. The Balaban J connectivity index is 1.57. The topological polar surface area (TPSA) is 60.5 Å². The van der Waals surface area contributed by atoms with Crippen LogP contribution in [0.15, 0.2) is 47.0 Å². The maximum atomic E-state index is 12.6. The molecule has 1 aliphatic rings. The summed E-state index contributed by atoms with van der Waals surface area (Å²) in [4.78, 5) is 18.8. The summed E-state index contributed by atoms with van der Waals surface area (Å²) in [7, 11) is 1.65. The minimum absolute atomic E-state index is 0.0895. The monoisotopic (exact) mass is 337 g/mol. The van der Waals surface area contributed by atoms with Gasteiger partial charge in [-0.1, -0.05) is 0 Å². The Bertz CT molecular complexity index is 908. The van der Waals surface area contributed by atoms with Gasteiger partial charge in [-0.05, 0) is 43.3 Å². The van der Waals surface area contributed by atoms with Gasteiger partial charge >= 0.3 is 0 Å². The zero-order valence-electron chi connectivity index (χ0n) is 14.2. The first-order valence-electron chi connectivity index (χ1n) is 8.20. The number of hydrogen-bond donors (Lipinski definition) is 0. The van der Waals surface area contributed by atoms with Gasteiger partial charge in [-0.15, -0.1) is 0 Å². The molecule has 4 rings (SSSR count). The second kappa shape index (κ2) is 6.12. The van der Waals surface area contributed by atoms with E-state index in [4.69, 9.17) is 9.15 Å². The molecular weight excluding hydrogens is 318 g/mol. The smallest absolute Gasteiger partial charge is 0.290 e.